The highest BCUT2D eigenvalue weighted by Crippen LogP contribution is 2.25. The molecule has 0 saturated carbocycles. The summed E-state index contributed by atoms with van der Waals surface area (Å²) in [5, 5.41) is 2.48. The Kier molecular flexibility index (Phi) is 5.17. The Balaban J connectivity index is 2.88. The molecule has 0 aliphatic carbocycles. The molecule has 18 heavy (non-hydrogen) atoms. The third-order valence-electron chi connectivity index (χ3n) is 2.38. The van der Waals surface area contributed by atoms with Gasteiger partial charge in [0.1, 0.15) is 5.75 Å². The Hall–Kier alpha value is -2.04. The summed E-state index contributed by atoms with van der Waals surface area (Å²) in [7, 11) is 1.50. The zero-order valence-electron chi connectivity index (χ0n) is 10.8. The molecule has 1 aromatic rings. The minimum absolute atomic E-state index is 0.165. The molecule has 5 heteroatoms. The number of amides is 1. The molecule has 0 fully saturated rings. The van der Waals surface area contributed by atoms with Crippen molar-refractivity contribution >= 4 is 17.6 Å². The van der Waals surface area contributed by atoms with Crippen molar-refractivity contribution in [3.05, 3.63) is 23.8 Å². The lowest BCUT2D eigenvalue weighted by atomic mass is 10.1. The third kappa shape index (κ3) is 3.48. The average Bonchev–Trinajstić information content (AvgIpc) is 2.38. The van der Waals surface area contributed by atoms with Crippen molar-refractivity contribution in [1.82, 2.24) is 0 Å². The van der Waals surface area contributed by atoms with Gasteiger partial charge in [0, 0.05) is 0 Å². The van der Waals surface area contributed by atoms with E-state index in [2.05, 4.69) is 10.1 Å². The lowest BCUT2D eigenvalue weighted by Crippen LogP contribution is -2.25. The fraction of sp³-hybridized carbons (Fsp3) is 0.385. The molecular weight excluding hydrogens is 234 g/mol. The van der Waals surface area contributed by atoms with Crippen LogP contribution in [0.25, 0.3) is 0 Å². The van der Waals surface area contributed by atoms with Crippen LogP contribution in [0.2, 0.25) is 0 Å². The first-order valence-corrected chi connectivity index (χ1v) is 5.77. The normalized spacial score (nSPS) is 9.72. The number of ether oxygens (including phenoxy) is 2. The van der Waals surface area contributed by atoms with Gasteiger partial charge in [0.2, 0.25) is 0 Å². The molecule has 0 aliphatic rings. The average molecular weight is 251 g/mol. The van der Waals surface area contributed by atoms with Crippen LogP contribution in [0.5, 0.6) is 5.75 Å². The molecule has 0 spiro atoms. The van der Waals surface area contributed by atoms with E-state index in [1.54, 1.807) is 19.1 Å². The number of aryl methyl sites for hydroxylation is 1. The summed E-state index contributed by atoms with van der Waals surface area (Å²) < 4.78 is 9.73. The van der Waals surface area contributed by atoms with Crippen LogP contribution in [0, 0.1) is 0 Å². The first-order chi connectivity index (χ1) is 8.62. The van der Waals surface area contributed by atoms with E-state index in [-0.39, 0.29) is 6.61 Å². The summed E-state index contributed by atoms with van der Waals surface area (Å²) in [6.45, 7) is 3.81. The minimum Gasteiger partial charge on any atom is -0.495 e. The van der Waals surface area contributed by atoms with Gasteiger partial charge in [0.05, 0.1) is 19.4 Å². The number of carbonyl (C=O) groups excluding carboxylic acids is 2. The Morgan fingerprint density at radius 1 is 1.28 bits per heavy atom. The summed E-state index contributed by atoms with van der Waals surface area (Å²) in [5.41, 5.74) is 1.50. The van der Waals surface area contributed by atoms with Crippen molar-refractivity contribution in [3.63, 3.8) is 0 Å². The second-order valence-electron chi connectivity index (χ2n) is 3.56. The minimum atomic E-state index is -0.901. The van der Waals surface area contributed by atoms with Gasteiger partial charge < -0.3 is 14.8 Å². The molecule has 0 heterocycles. The number of hydrogen-bond acceptors (Lipinski definition) is 4. The maximum absolute atomic E-state index is 11.5. The summed E-state index contributed by atoms with van der Waals surface area (Å²) in [4.78, 5) is 22.8. The van der Waals surface area contributed by atoms with Gasteiger partial charge in [-0.2, -0.15) is 0 Å². The molecule has 0 unspecified atom stereocenters. The number of methoxy groups -OCH3 is 1. The number of carbonyl (C=O) groups is 2. The van der Waals surface area contributed by atoms with Crippen molar-refractivity contribution in [2.45, 2.75) is 20.3 Å². The molecule has 0 aliphatic heterocycles. The number of rotatable bonds is 4. The predicted molar refractivity (Wildman–Crippen MR) is 67.6 cm³/mol. The predicted octanol–water partition coefficient (Wildman–Crippen LogP) is 1.76. The fourth-order valence-electron chi connectivity index (χ4n) is 1.44. The Morgan fingerprint density at radius 3 is 2.56 bits per heavy atom. The second kappa shape index (κ2) is 6.64. The highest BCUT2D eigenvalue weighted by molar-refractivity contribution is 6.37. The SMILES string of the molecule is CCOC(=O)C(=O)Nc1cc(CC)ccc1OC. The summed E-state index contributed by atoms with van der Waals surface area (Å²) in [6, 6.07) is 5.43. The van der Waals surface area contributed by atoms with E-state index in [0.717, 1.165) is 12.0 Å². The Morgan fingerprint density at radius 2 is 2.00 bits per heavy atom. The highest BCUT2D eigenvalue weighted by atomic mass is 16.5. The Labute approximate surface area is 106 Å². The fourth-order valence-corrected chi connectivity index (χ4v) is 1.44. The lowest BCUT2D eigenvalue weighted by Gasteiger charge is -2.11. The van der Waals surface area contributed by atoms with Crippen LogP contribution in [0.15, 0.2) is 18.2 Å². The topological polar surface area (TPSA) is 64.6 Å². The Bertz CT molecular complexity index is 443. The number of esters is 1. The molecule has 0 bridgehead atoms. The highest BCUT2D eigenvalue weighted by Gasteiger charge is 2.16. The summed E-state index contributed by atoms with van der Waals surface area (Å²) in [5.74, 6) is -1.20. The van der Waals surface area contributed by atoms with Crippen LogP contribution in [0.4, 0.5) is 5.69 Å². The summed E-state index contributed by atoms with van der Waals surface area (Å²) in [6.07, 6.45) is 0.826. The largest absolute Gasteiger partial charge is 0.495 e. The summed E-state index contributed by atoms with van der Waals surface area (Å²) >= 11 is 0. The van der Waals surface area contributed by atoms with Crippen LogP contribution in [-0.4, -0.2) is 25.6 Å². The van der Waals surface area contributed by atoms with Crippen LogP contribution in [-0.2, 0) is 20.7 Å². The quantitative estimate of drug-likeness (QED) is 0.654. The van der Waals surface area contributed by atoms with Gasteiger partial charge in [-0.3, -0.25) is 4.79 Å². The van der Waals surface area contributed by atoms with E-state index in [4.69, 9.17) is 4.74 Å². The monoisotopic (exact) mass is 251 g/mol. The van der Waals surface area contributed by atoms with Crippen LogP contribution in [0.1, 0.15) is 19.4 Å². The molecule has 1 rings (SSSR count). The van der Waals surface area contributed by atoms with Gasteiger partial charge in [0.15, 0.2) is 0 Å². The van der Waals surface area contributed by atoms with Crippen LogP contribution < -0.4 is 10.1 Å². The maximum Gasteiger partial charge on any atom is 0.397 e. The molecule has 98 valence electrons. The van der Waals surface area contributed by atoms with Gasteiger partial charge >= 0.3 is 11.9 Å². The smallest absolute Gasteiger partial charge is 0.397 e. The van der Waals surface area contributed by atoms with E-state index < -0.39 is 11.9 Å². The number of nitrogens with one attached hydrogen (secondary N) is 1. The molecular formula is C13H17NO4. The maximum atomic E-state index is 11.5. The zero-order valence-corrected chi connectivity index (χ0v) is 10.8. The van der Waals surface area contributed by atoms with Crippen molar-refractivity contribution in [1.29, 1.82) is 0 Å². The van der Waals surface area contributed by atoms with E-state index in [9.17, 15) is 9.59 Å². The molecule has 0 atom stereocenters. The lowest BCUT2D eigenvalue weighted by molar-refractivity contribution is -0.152. The second-order valence-corrected chi connectivity index (χ2v) is 3.56. The van der Waals surface area contributed by atoms with Crippen molar-refractivity contribution < 1.29 is 19.1 Å². The van der Waals surface area contributed by atoms with Crippen molar-refractivity contribution in [2.75, 3.05) is 19.0 Å². The van der Waals surface area contributed by atoms with Gasteiger partial charge in [-0.05, 0) is 31.0 Å². The number of benzene rings is 1. The van der Waals surface area contributed by atoms with Crippen LogP contribution in [0.3, 0.4) is 0 Å². The van der Waals surface area contributed by atoms with Crippen LogP contribution >= 0.6 is 0 Å². The van der Waals surface area contributed by atoms with E-state index in [1.807, 2.05) is 13.0 Å². The van der Waals surface area contributed by atoms with E-state index in [1.165, 1.54) is 7.11 Å². The molecule has 1 aromatic carbocycles. The van der Waals surface area contributed by atoms with Gasteiger partial charge in [-0.25, -0.2) is 4.79 Å². The number of hydrogen-bond donors (Lipinski definition) is 1. The van der Waals surface area contributed by atoms with Gasteiger partial charge in [-0.1, -0.05) is 13.0 Å². The molecule has 0 aromatic heterocycles. The van der Waals surface area contributed by atoms with E-state index in [0.29, 0.717) is 11.4 Å². The number of anilines is 1. The van der Waals surface area contributed by atoms with Crippen molar-refractivity contribution in [3.8, 4) is 5.75 Å². The standard InChI is InChI=1S/C13H17NO4/c1-4-9-6-7-11(17-3)10(8-9)14-12(15)13(16)18-5-2/h6-8H,4-5H2,1-3H3,(H,14,15). The first kappa shape index (κ1) is 14.0. The van der Waals surface area contributed by atoms with Gasteiger partial charge in [-0.15, -0.1) is 0 Å². The van der Waals surface area contributed by atoms with E-state index >= 15 is 0 Å². The van der Waals surface area contributed by atoms with Gasteiger partial charge in [0.25, 0.3) is 0 Å². The molecule has 5 nitrogen and oxygen atoms in total. The molecule has 0 radical (unpaired) electrons. The molecule has 1 amide bonds. The molecule has 0 saturated heterocycles. The van der Waals surface area contributed by atoms with Crippen molar-refractivity contribution in [2.24, 2.45) is 0 Å². The zero-order chi connectivity index (χ0) is 13.5. The first-order valence-electron chi connectivity index (χ1n) is 5.77. The molecule has 1 N–H and O–H groups in total. The third-order valence-corrected chi connectivity index (χ3v) is 2.38.